The summed E-state index contributed by atoms with van der Waals surface area (Å²) < 4.78 is 15.1. The van der Waals surface area contributed by atoms with E-state index in [9.17, 15) is 0 Å². The smallest absolute Gasteiger partial charge is 0.171 e. The Bertz CT molecular complexity index is 3300. The molecule has 1 saturated carbocycles. The minimum atomic E-state index is -3.07. The van der Waals surface area contributed by atoms with Crippen molar-refractivity contribution in [1.82, 2.24) is 15.0 Å². The summed E-state index contributed by atoms with van der Waals surface area (Å²) >= 11 is 0. The maximum absolute atomic E-state index is 15.1. The Labute approximate surface area is 387 Å². The lowest BCUT2D eigenvalue weighted by molar-refractivity contribution is 0.346. The van der Waals surface area contributed by atoms with Gasteiger partial charge in [-0.2, -0.15) is 0 Å². The van der Waals surface area contributed by atoms with Gasteiger partial charge in [-0.15, -0.1) is 0 Å². The SMILES string of the molecule is O=P(c1ccccc1)(c1ccccc1)c1ccc(-c2cccc(C3(c4ccc(-c5nc(-c6cccc(-c7ccccc7)c6)nc(-c6cccc7ccccc67)n5)cc4)CCCCC3)c2)cc1. The summed E-state index contributed by atoms with van der Waals surface area (Å²) in [5.74, 6) is 1.94. The Morgan fingerprint density at radius 2 is 0.833 bits per heavy atom. The second-order valence-corrected chi connectivity index (χ2v) is 20.2. The molecule has 0 aliphatic heterocycles. The average Bonchev–Trinajstić information content (AvgIpc) is 3.41. The van der Waals surface area contributed by atoms with Gasteiger partial charge >= 0.3 is 0 Å². The van der Waals surface area contributed by atoms with Crippen molar-refractivity contribution < 1.29 is 4.57 Å². The van der Waals surface area contributed by atoms with Crippen LogP contribution in [0.25, 0.3) is 67.2 Å². The summed E-state index contributed by atoms with van der Waals surface area (Å²) in [6.45, 7) is 0. The molecule has 11 rings (SSSR count). The zero-order valence-electron chi connectivity index (χ0n) is 36.7. The van der Waals surface area contributed by atoms with E-state index in [2.05, 4.69) is 164 Å². The van der Waals surface area contributed by atoms with E-state index < -0.39 is 7.14 Å². The number of hydrogen-bond acceptors (Lipinski definition) is 4. The van der Waals surface area contributed by atoms with E-state index >= 15 is 4.57 Å². The van der Waals surface area contributed by atoms with E-state index in [0.29, 0.717) is 17.5 Å². The average molecular weight is 870 g/mol. The molecule has 0 spiro atoms. The molecule has 10 aromatic rings. The van der Waals surface area contributed by atoms with Gasteiger partial charge in [-0.3, -0.25) is 0 Å². The number of hydrogen-bond donors (Lipinski definition) is 0. The lowest BCUT2D eigenvalue weighted by Crippen LogP contribution is -2.30. The number of fused-ring (bicyclic) bond motifs is 1. The van der Waals surface area contributed by atoms with Crippen LogP contribution in [0.4, 0.5) is 0 Å². The van der Waals surface area contributed by atoms with Crippen molar-refractivity contribution in [2.45, 2.75) is 37.5 Å². The molecule has 5 heteroatoms. The van der Waals surface area contributed by atoms with Crippen LogP contribution in [-0.2, 0) is 9.98 Å². The Morgan fingerprint density at radius 1 is 0.348 bits per heavy atom. The monoisotopic (exact) mass is 869 g/mol. The highest BCUT2D eigenvalue weighted by molar-refractivity contribution is 7.85. The summed E-state index contributed by atoms with van der Waals surface area (Å²) in [4.78, 5) is 15.6. The fourth-order valence-corrected chi connectivity index (χ4v) is 12.7. The number of rotatable bonds is 10. The first-order valence-corrected chi connectivity index (χ1v) is 24.7. The molecular weight excluding hydrogens is 822 g/mol. The van der Waals surface area contributed by atoms with Crippen molar-refractivity contribution >= 4 is 33.8 Å². The van der Waals surface area contributed by atoms with E-state index in [0.717, 1.165) is 78.5 Å². The van der Waals surface area contributed by atoms with Gasteiger partial charge in [0.15, 0.2) is 24.6 Å². The van der Waals surface area contributed by atoms with Gasteiger partial charge in [0.25, 0.3) is 0 Å². The Morgan fingerprint density at radius 3 is 1.53 bits per heavy atom. The first-order chi connectivity index (χ1) is 32.5. The van der Waals surface area contributed by atoms with Gasteiger partial charge < -0.3 is 4.57 Å². The van der Waals surface area contributed by atoms with E-state index in [1.165, 1.54) is 30.4 Å². The largest absolute Gasteiger partial charge is 0.309 e. The predicted octanol–water partition coefficient (Wildman–Crippen LogP) is 14.2. The normalized spacial score (nSPS) is 13.6. The van der Waals surface area contributed by atoms with Crippen molar-refractivity contribution in [3.05, 3.63) is 242 Å². The van der Waals surface area contributed by atoms with Crippen LogP contribution >= 0.6 is 7.14 Å². The topological polar surface area (TPSA) is 55.7 Å². The van der Waals surface area contributed by atoms with Crippen LogP contribution in [0.15, 0.2) is 231 Å². The third kappa shape index (κ3) is 7.78. The highest BCUT2D eigenvalue weighted by Gasteiger charge is 2.36. The molecule has 0 unspecified atom stereocenters. The van der Waals surface area contributed by atoms with Crippen LogP contribution in [0.2, 0.25) is 0 Å². The van der Waals surface area contributed by atoms with Gasteiger partial charge in [0.1, 0.15) is 0 Å². The molecule has 1 heterocycles. The standard InChI is InChI=1S/C61H48N3OP/c65-66(53-26-7-2-8-27-53,54-28-9-3-10-29-54)55-38-34-45(35-39-55)49-23-16-25-52(43-49)61(40-13-4-14-41-61)51-36-32-47(33-37-51)58-62-59(50-24-15-22-48(42-50)44-18-5-1-6-19-44)64-60(63-58)57-31-17-21-46-20-11-12-30-56(46)57/h1-3,5-12,15-39,42-43H,4,13-14,40-41H2. The van der Waals surface area contributed by atoms with Crippen molar-refractivity contribution in [2.24, 2.45) is 0 Å². The molecule has 66 heavy (non-hydrogen) atoms. The summed E-state index contributed by atoms with van der Waals surface area (Å²) in [5, 5.41) is 4.76. The Kier molecular flexibility index (Phi) is 11.1. The van der Waals surface area contributed by atoms with Gasteiger partial charge in [0, 0.05) is 38.0 Å². The van der Waals surface area contributed by atoms with Crippen LogP contribution < -0.4 is 15.9 Å². The van der Waals surface area contributed by atoms with Gasteiger partial charge in [-0.1, -0.05) is 244 Å². The molecule has 0 atom stereocenters. The van der Waals surface area contributed by atoms with Gasteiger partial charge in [-0.05, 0) is 63.1 Å². The lowest BCUT2D eigenvalue weighted by Gasteiger charge is -2.39. The van der Waals surface area contributed by atoms with Crippen LogP contribution in [-0.4, -0.2) is 15.0 Å². The molecular formula is C61H48N3OP. The fourth-order valence-electron chi connectivity index (χ4n) is 10.1. The minimum absolute atomic E-state index is 0.140. The third-order valence-electron chi connectivity index (χ3n) is 13.5. The first-order valence-electron chi connectivity index (χ1n) is 23.0. The molecule has 4 nitrogen and oxygen atoms in total. The summed E-state index contributed by atoms with van der Waals surface area (Å²) in [6.07, 6.45) is 5.72. The first kappa shape index (κ1) is 41.2. The third-order valence-corrected chi connectivity index (χ3v) is 16.6. The Hall–Kier alpha value is -7.52. The molecule has 318 valence electrons. The van der Waals surface area contributed by atoms with Gasteiger partial charge in [-0.25, -0.2) is 15.0 Å². The molecule has 0 amide bonds. The zero-order chi connectivity index (χ0) is 44.3. The molecule has 0 saturated heterocycles. The molecule has 0 radical (unpaired) electrons. The fraction of sp³-hybridized carbons (Fsp3) is 0.0984. The molecule has 0 bridgehead atoms. The van der Waals surface area contributed by atoms with Gasteiger partial charge in [0.05, 0.1) is 0 Å². The van der Waals surface area contributed by atoms with E-state index in [4.69, 9.17) is 15.0 Å². The lowest BCUT2D eigenvalue weighted by atomic mass is 9.65. The minimum Gasteiger partial charge on any atom is -0.309 e. The van der Waals surface area contributed by atoms with Crippen molar-refractivity contribution in [1.29, 1.82) is 0 Å². The highest BCUT2D eigenvalue weighted by atomic mass is 31.2. The molecule has 1 aliphatic carbocycles. The summed E-state index contributed by atoms with van der Waals surface area (Å²) in [5.41, 5.74) is 9.89. The van der Waals surface area contributed by atoms with Crippen molar-refractivity contribution in [3.8, 4) is 56.4 Å². The van der Waals surface area contributed by atoms with Crippen LogP contribution in [0, 0.1) is 0 Å². The van der Waals surface area contributed by atoms with Crippen LogP contribution in [0.5, 0.6) is 0 Å². The van der Waals surface area contributed by atoms with E-state index in [1.54, 1.807) is 0 Å². The van der Waals surface area contributed by atoms with Crippen LogP contribution in [0.3, 0.4) is 0 Å². The van der Waals surface area contributed by atoms with E-state index in [1.807, 2.05) is 66.7 Å². The molecule has 1 aromatic heterocycles. The highest BCUT2D eigenvalue weighted by Crippen LogP contribution is 2.47. The molecule has 9 aromatic carbocycles. The van der Waals surface area contributed by atoms with E-state index in [-0.39, 0.29) is 5.41 Å². The number of nitrogens with zero attached hydrogens (tertiary/aromatic N) is 3. The van der Waals surface area contributed by atoms with Gasteiger partial charge in [0.2, 0.25) is 0 Å². The maximum Gasteiger partial charge on any atom is 0.171 e. The zero-order valence-corrected chi connectivity index (χ0v) is 37.6. The summed E-state index contributed by atoms with van der Waals surface area (Å²) in [7, 11) is -3.07. The number of benzene rings is 9. The number of aromatic nitrogens is 3. The van der Waals surface area contributed by atoms with Crippen molar-refractivity contribution in [2.75, 3.05) is 0 Å². The maximum atomic E-state index is 15.1. The molecule has 1 fully saturated rings. The molecule has 1 aliphatic rings. The second kappa shape index (κ2) is 17.8. The summed E-state index contributed by atoms with van der Waals surface area (Å²) in [6, 6.07) is 80.0. The quantitative estimate of drug-likeness (QED) is 0.129. The predicted molar refractivity (Wildman–Crippen MR) is 274 cm³/mol. The molecule has 0 N–H and O–H groups in total. The van der Waals surface area contributed by atoms with Crippen molar-refractivity contribution in [3.63, 3.8) is 0 Å². The van der Waals surface area contributed by atoms with Crippen LogP contribution in [0.1, 0.15) is 43.2 Å². The Balaban J connectivity index is 0.957. The second-order valence-electron chi connectivity index (χ2n) is 17.4.